The Labute approximate surface area is 127 Å². The van der Waals surface area contributed by atoms with E-state index in [1.54, 1.807) is 0 Å². The van der Waals surface area contributed by atoms with Crippen LogP contribution in [0.5, 0.6) is 0 Å². The molecule has 0 radical (unpaired) electrons. The van der Waals surface area contributed by atoms with E-state index in [1.165, 1.54) is 13.3 Å². The van der Waals surface area contributed by atoms with Crippen molar-refractivity contribution in [2.75, 3.05) is 13.7 Å². The zero-order valence-electron chi connectivity index (χ0n) is 12.0. The lowest BCUT2D eigenvalue weighted by Gasteiger charge is -2.31. The number of ether oxygens (including phenoxy) is 1. The highest BCUT2D eigenvalue weighted by Crippen LogP contribution is 2.25. The molecule has 1 N–H and O–H groups in total. The SMILES string of the molecule is COC(=O)Cn1cc(S(=O)(=O)N2CCCCC2C(=O)O)cn1. The van der Waals surface area contributed by atoms with E-state index in [0.717, 1.165) is 15.2 Å². The van der Waals surface area contributed by atoms with Gasteiger partial charge >= 0.3 is 11.9 Å². The molecule has 10 heteroatoms. The Hall–Kier alpha value is -1.94. The van der Waals surface area contributed by atoms with E-state index in [4.69, 9.17) is 0 Å². The van der Waals surface area contributed by atoms with Gasteiger partial charge in [0, 0.05) is 12.7 Å². The minimum absolute atomic E-state index is 0.135. The molecule has 1 atom stereocenters. The maximum absolute atomic E-state index is 12.6. The lowest BCUT2D eigenvalue weighted by atomic mass is 10.1. The maximum Gasteiger partial charge on any atom is 0.327 e. The van der Waals surface area contributed by atoms with Crippen LogP contribution in [0.25, 0.3) is 0 Å². The van der Waals surface area contributed by atoms with Crippen LogP contribution in [0.1, 0.15) is 19.3 Å². The number of carbonyl (C=O) groups excluding carboxylic acids is 1. The number of hydrogen-bond donors (Lipinski definition) is 1. The quantitative estimate of drug-likeness (QED) is 0.735. The molecule has 22 heavy (non-hydrogen) atoms. The first-order valence-electron chi connectivity index (χ1n) is 6.70. The van der Waals surface area contributed by atoms with Crippen molar-refractivity contribution >= 4 is 22.0 Å². The van der Waals surface area contributed by atoms with E-state index in [0.29, 0.717) is 12.8 Å². The van der Waals surface area contributed by atoms with Gasteiger partial charge in [-0.2, -0.15) is 9.40 Å². The predicted octanol–water partition coefficient (Wildman–Crippen LogP) is -0.316. The van der Waals surface area contributed by atoms with Gasteiger partial charge in [0.2, 0.25) is 10.0 Å². The van der Waals surface area contributed by atoms with Gasteiger partial charge in [0.25, 0.3) is 0 Å². The van der Waals surface area contributed by atoms with E-state index >= 15 is 0 Å². The van der Waals surface area contributed by atoms with Crippen molar-refractivity contribution in [1.82, 2.24) is 14.1 Å². The van der Waals surface area contributed by atoms with E-state index in [1.807, 2.05) is 0 Å². The summed E-state index contributed by atoms with van der Waals surface area (Å²) >= 11 is 0. The van der Waals surface area contributed by atoms with Crippen molar-refractivity contribution in [3.05, 3.63) is 12.4 Å². The number of carboxylic acid groups (broad SMARTS) is 1. The Morgan fingerprint density at radius 3 is 2.82 bits per heavy atom. The fraction of sp³-hybridized carbons (Fsp3) is 0.583. The highest BCUT2D eigenvalue weighted by molar-refractivity contribution is 7.89. The first kappa shape index (κ1) is 16.4. The summed E-state index contributed by atoms with van der Waals surface area (Å²) in [4.78, 5) is 22.3. The Bertz CT molecular complexity index is 668. The lowest BCUT2D eigenvalue weighted by molar-refractivity contribution is -0.142. The van der Waals surface area contributed by atoms with Gasteiger partial charge in [-0.25, -0.2) is 8.42 Å². The molecule has 2 rings (SSSR count). The molecular formula is C12H17N3O6S. The van der Waals surface area contributed by atoms with Gasteiger partial charge in [0.1, 0.15) is 17.5 Å². The van der Waals surface area contributed by atoms with Crippen LogP contribution in [-0.2, 0) is 30.9 Å². The number of rotatable bonds is 5. The number of nitrogens with zero attached hydrogens (tertiary/aromatic N) is 3. The van der Waals surface area contributed by atoms with Gasteiger partial charge in [-0.05, 0) is 19.3 Å². The standard InChI is InChI=1S/C12H17N3O6S/c1-21-11(16)8-14-7-9(6-13-14)22(19,20)15-5-3-2-4-10(15)12(17)18/h6-7,10H,2-5,8H2,1H3,(H,17,18). The van der Waals surface area contributed by atoms with Crippen LogP contribution in [0.4, 0.5) is 0 Å². The number of hydrogen-bond acceptors (Lipinski definition) is 6. The topological polar surface area (TPSA) is 119 Å². The molecule has 1 aromatic rings. The van der Waals surface area contributed by atoms with E-state index < -0.39 is 28.0 Å². The lowest BCUT2D eigenvalue weighted by Crippen LogP contribution is -2.47. The highest BCUT2D eigenvalue weighted by Gasteiger charge is 2.38. The molecule has 0 aliphatic carbocycles. The third-order valence-electron chi connectivity index (χ3n) is 3.47. The number of methoxy groups -OCH3 is 1. The second-order valence-electron chi connectivity index (χ2n) is 4.92. The van der Waals surface area contributed by atoms with E-state index in [-0.39, 0.29) is 24.4 Å². The molecule has 9 nitrogen and oxygen atoms in total. The molecule has 2 heterocycles. The zero-order valence-corrected chi connectivity index (χ0v) is 12.8. The average Bonchev–Trinajstić information content (AvgIpc) is 2.96. The molecule has 122 valence electrons. The van der Waals surface area contributed by atoms with Gasteiger partial charge in [-0.15, -0.1) is 0 Å². The molecular weight excluding hydrogens is 314 g/mol. The summed E-state index contributed by atoms with van der Waals surface area (Å²) in [6.07, 6.45) is 3.86. The number of esters is 1. The molecule has 1 unspecified atom stereocenters. The second-order valence-corrected chi connectivity index (χ2v) is 6.81. The van der Waals surface area contributed by atoms with Crippen LogP contribution in [0.2, 0.25) is 0 Å². The maximum atomic E-state index is 12.6. The Kier molecular flexibility index (Phi) is 4.81. The minimum atomic E-state index is -3.96. The van der Waals surface area contributed by atoms with Crippen molar-refractivity contribution in [2.45, 2.75) is 36.7 Å². The summed E-state index contributed by atoms with van der Waals surface area (Å²) in [5, 5.41) is 13.0. The summed E-state index contributed by atoms with van der Waals surface area (Å²) in [6.45, 7) is -0.0597. The molecule has 0 saturated carbocycles. The smallest absolute Gasteiger partial charge is 0.327 e. The molecule has 1 aliphatic rings. The van der Waals surface area contributed by atoms with Crippen molar-refractivity contribution in [1.29, 1.82) is 0 Å². The number of piperidine rings is 1. The van der Waals surface area contributed by atoms with Gasteiger partial charge in [0.05, 0.1) is 13.3 Å². The monoisotopic (exact) mass is 331 g/mol. The zero-order chi connectivity index (χ0) is 16.3. The number of sulfonamides is 1. The summed E-state index contributed by atoms with van der Waals surface area (Å²) in [5.41, 5.74) is 0. The molecule has 1 saturated heterocycles. The molecule has 1 aromatic heterocycles. The molecule has 0 bridgehead atoms. The fourth-order valence-corrected chi connectivity index (χ4v) is 3.94. The van der Waals surface area contributed by atoms with E-state index in [9.17, 15) is 23.1 Å². The summed E-state index contributed by atoms with van der Waals surface area (Å²) in [6, 6.07) is -1.07. The van der Waals surface area contributed by atoms with Gasteiger partial charge in [-0.3, -0.25) is 14.3 Å². The van der Waals surface area contributed by atoms with Crippen molar-refractivity contribution < 1.29 is 27.9 Å². The Morgan fingerprint density at radius 1 is 1.45 bits per heavy atom. The van der Waals surface area contributed by atoms with Crippen molar-refractivity contribution in [3.8, 4) is 0 Å². The molecule has 1 aliphatic heterocycles. The number of carboxylic acids is 1. The molecule has 1 fully saturated rings. The van der Waals surface area contributed by atoms with E-state index in [2.05, 4.69) is 9.84 Å². The highest BCUT2D eigenvalue weighted by atomic mass is 32.2. The van der Waals surface area contributed by atoms with Crippen LogP contribution in [0.3, 0.4) is 0 Å². The number of aliphatic carboxylic acids is 1. The third-order valence-corrected chi connectivity index (χ3v) is 5.33. The van der Waals surface area contributed by atoms with Crippen LogP contribution in [-0.4, -0.2) is 59.2 Å². The number of aromatic nitrogens is 2. The summed E-state index contributed by atoms with van der Waals surface area (Å²) < 4.78 is 31.7. The molecule has 0 aromatic carbocycles. The van der Waals surface area contributed by atoms with Crippen molar-refractivity contribution in [2.24, 2.45) is 0 Å². The van der Waals surface area contributed by atoms with Crippen molar-refractivity contribution in [3.63, 3.8) is 0 Å². The first-order valence-corrected chi connectivity index (χ1v) is 8.14. The van der Waals surface area contributed by atoms with Crippen LogP contribution in [0, 0.1) is 0 Å². The van der Waals surface area contributed by atoms with Gasteiger partial charge in [0.15, 0.2) is 0 Å². The fourth-order valence-electron chi connectivity index (χ4n) is 2.34. The largest absolute Gasteiger partial charge is 0.480 e. The third kappa shape index (κ3) is 3.28. The Balaban J connectivity index is 2.25. The van der Waals surface area contributed by atoms with Gasteiger partial charge < -0.3 is 9.84 Å². The second kappa shape index (κ2) is 6.44. The summed E-state index contributed by atoms with van der Waals surface area (Å²) in [5.74, 6) is -1.72. The summed E-state index contributed by atoms with van der Waals surface area (Å²) in [7, 11) is -2.74. The first-order chi connectivity index (χ1) is 10.4. The van der Waals surface area contributed by atoms with Crippen LogP contribution >= 0.6 is 0 Å². The Morgan fingerprint density at radius 2 is 2.18 bits per heavy atom. The number of carbonyl (C=O) groups is 2. The van der Waals surface area contributed by atoms with Gasteiger partial charge in [-0.1, -0.05) is 0 Å². The van der Waals surface area contributed by atoms with Crippen LogP contribution in [0.15, 0.2) is 17.3 Å². The minimum Gasteiger partial charge on any atom is -0.480 e. The predicted molar refractivity (Wildman–Crippen MR) is 73.4 cm³/mol. The average molecular weight is 331 g/mol. The van der Waals surface area contributed by atoms with Crippen LogP contribution < -0.4 is 0 Å². The molecule has 0 amide bonds. The normalized spacial score (nSPS) is 19.8. The molecule has 0 spiro atoms.